The predicted molar refractivity (Wildman–Crippen MR) is 72.9 cm³/mol. The Hall–Kier alpha value is -1.13. The average molecular weight is 267 g/mol. The van der Waals surface area contributed by atoms with Crippen LogP contribution < -0.4 is 10.1 Å². The molecule has 0 bridgehead atoms. The Morgan fingerprint density at radius 1 is 1.42 bits per heavy atom. The van der Waals surface area contributed by atoms with Crippen LogP contribution in [0.3, 0.4) is 0 Å². The molecule has 1 heterocycles. The lowest BCUT2D eigenvalue weighted by Gasteiger charge is -2.16. The number of hydrogen-bond acceptors (Lipinski definition) is 3. The highest BCUT2D eigenvalue weighted by Crippen LogP contribution is 2.13. The molecule has 4 heteroatoms. The molecule has 0 unspecified atom stereocenters. The fourth-order valence-corrected chi connectivity index (χ4v) is 2.12. The van der Waals surface area contributed by atoms with Gasteiger partial charge in [0.2, 0.25) is 0 Å². The molecular formula is C15H22FNO2. The van der Waals surface area contributed by atoms with Crippen molar-refractivity contribution >= 4 is 0 Å². The third-order valence-corrected chi connectivity index (χ3v) is 3.24. The molecule has 1 aromatic carbocycles. The summed E-state index contributed by atoms with van der Waals surface area (Å²) in [7, 11) is 0. The van der Waals surface area contributed by atoms with E-state index in [1.165, 1.54) is 18.6 Å². The van der Waals surface area contributed by atoms with Gasteiger partial charge in [0.1, 0.15) is 11.6 Å². The van der Waals surface area contributed by atoms with E-state index in [1.807, 2.05) is 0 Å². The second kappa shape index (κ2) is 7.46. The van der Waals surface area contributed by atoms with Crippen molar-refractivity contribution in [3.8, 4) is 5.75 Å². The summed E-state index contributed by atoms with van der Waals surface area (Å²) in [6, 6.07) is 6.13. The maximum Gasteiger partial charge on any atom is 0.123 e. The second-order valence-electron chi connectivity index (χ2n) is 5.16. The van der Waals surface area contributed by atoms with E-state index in [9.17, 15) is 4.39 Å². The number of nitrogens with one attached hydrogen (secondary N) is 1. The van der Waals surface area contributed by atoms with Crippen LogP contribution >= 0.6 is 0 Å². The topological polar surface area (TPSA) is 30.5 Å². The first-order valence-corrected chi connectivity index (χ1v) is 6.94. The minimum absolute atomic E-state index is 0.237. The van der Waals surface area contributed by atoms with Crippen molar-refractivity contribution < 1.29 is 13.9 Å². The van der Waals surface area contributed by atoms with Crippen molar-refractivity contribution in [2.24, 2.45) is 5.92 Å². The van der Waals surface area contributed by atoms with Crippen molar-refractivity contribution in [2.75, 3.05) is 26.3 Å². The molecule has 1 fully saturated rings. The van der Waals surface area contributed by atoms with E-state index in [0.29, 0.717) is 24.4 Å². The highest BCUT2D eigenvalue weighted by atomic mass is 19.1. The molecule has 1 saturated heterocycles. The number of halogens is 1. The maximum absolute atomic E-state index is 12.7. The molecule has 19 heavy (non-hydrogen) atoms. The summed E-state index contributed by atoms with van der Waals surface area (Å²) in [6.07, 6.45) is 2.72. The first-order chi connectivity index (χ1) is 9.24. The fourth-order valence-electron chi connectivity index (χ4n) is 2.12. The van der Waals surface area contributed by atoms with Crippen LogP contribution in [0.2, 0.25) is 0 Å². The summed E-state index contributed by atoms with van der Waals surface area (Å²) < 4.78 is 23.9. The Balaban J connectivity index is 1.58. The number of benzene rings is 1. The first kappa shape index (κ1) is 14.3. The van der Waals surface area contributed by atoms with Gasteiger partial charge in [-0.3, -0.25) is 0 Å². The minimum atomic E-state index is -0.237. The molecule has 0 aliphatic carbocycles. The molecule has 0 saturated carbocycles. The smallest absolute Gasteiger partial charge is 0.123 e. The molecule has 0 spiro atoms. The summed E-state index contributed by atoms with van der Waals surface area (Å²) in [5.74, 6) is 0.887. The normalized spacial score (nSPS) is 20.4. The lowest BCUT2D eigenvalue weighted by Crippen LogP contribution is -2.31. The number of hydrogen-bond donors (Lipinski definition) is 1. The van der Waals surface area contributed by atoms with Gasteiger partial charge in [0, 0.05) is 25.6 Å². The molecule has 3 nitrogen and oxygen atoms in total. The van der Waals surface area contributed by atoms with Gasteiger partial charge in [-0.2, -0.15) is 0 Å². The lowest BCUT2D eigenvalue weighted by atomic mass is 10.2. The Morgan fingerprint density at radius 3 is 2.89 bits per heavy atom. The summed E-state index contributed by atoms with van der Waals surface area (Å²) >= 11 is 0. The SMILES string of the molecule is C[C@@H](CNC[C@@H]1CCCO1)COc1ccc(F)cc1. The van der Waals surface area contributed by atoms with Crippen LogP contribution in [0.15, 0.2) is 24.3 Å². The Bertz CT molecular complexity index is 363. The van der Waals surface area contributed by atoms with E-state index in [1.54, 1.807) is 12.1 Å². The van der Waals surface area contributed by atoms with Crippen LogP contribution in [0.5, 0.6) is 5.75 Å². The van der Waals surface area contributed by atoms with Crippen LogP contribution in [0, 0.1) is 11.7 Å². The summed E-state index contributed by atoms with van der Waals surface area (Å²) in [4.78, 5) is 0. The molecule has 2 atom stereocenters. The van der Waals surface area contributed by atoms with E-state index >= 15 is 0 Å². The van der Waals surface area contributed by atoms with Gasteiger partial charge >= 0.3 is 0 Å². The zero-order valence-corrected chi connectivity index (χ0v) is 11.4. The molecule has 106 valence electrons. The van der Waals surface area contributed by atoms with Crippen molar-refractivity contribution in [1.29, 1.82) is 0 Å². The molecule has 0 aromatic heterocycles. The van der Waals surface area contributed by atoms with Crippen molar-refractivity contribution in [2.45, 2.75) is 25.9 Å². The highest BCUT2D eigenvalue weighted by Gasteiger charge is 2.15. The Labute approximate surface area is 114 Å². The van der Waals surface area contributed by atoms with Gasteiger partial charge in [-0.1, -0.05) is 6.92 Å². The van der Waals surface area contributed by atoms with Crippen LogP contribution in [0.25, 0.3) is 0 Å². The van der Waals surface area contributed by atoms with Gasteiger partial charge in [-0.05, 0) is 37.1 Å². The van der Waals surface area contributed by atoms with Crippen LogP contribution in [-0.4, -0.2) is 32.4 Å². The van der Waals surface area contributed by atoms with Gasteiger partial charge in [-0.15, -0.1) is 0 Å². The van der Waals surface area contributed by atoms with Gasteiger partial charge in [-0.25, -0.2) is 4.39 Å². The highest BCUT2D eigenvalue weighted by molar-refractivity contribution is 5.21. The molecule has 1 aliphatic rings. The molecular weight excluding hydrogens is 245 g/mol. The van der Waals surface area contributed by atoms with Crippen molar-refractivity contribution in [3.05, 3.63) is 30.1 Å². The second-order valence-corrected chi connectivity index (χ2v) is 5.16. The average Bonchev–Trinajstić information content (AvgIpc) is 2.91. The van der Waals surface area contributed by atoms with Crippen molar-refractivity contribution in [1.82, 2.24) is 5.32 Å². The van der Waals surface area contributed by atoms with E-state index in [-0.39, 0.29) is 5.82 Å². The van der Waals surface area contributed by atoms with Crippen LogP contribution in [0.4, 0.5) is 4.39 Å². The molecule has 0 radical (unpaired) electrons. The fraction of sp³-hybridized carbons (Fsp3) is 0.600. The standard InChI is InChI=1S/C15H22FNO2/c1-12(9-17-10-15-3-2-8-18-15)11-19-14-6-4-13(16)5-7-14/h4-7,12,15,17H,2-3,8-11H2,1H3/t12-,15-/m0/s1. The van der Waals surface area contributed by atoms with Gasteiger partial charge < -0.3 is 14.8 Å². The van der Waals surface area contributed by atoms with Crippen LogP contribution in [0.1, 0.15) is 19.8 Å². The molecule has 1 aliphatic heterocycles. The minimum Gasteiger partial charge on any atom is -0.493 e. The zero-order chi connectivity index (χ0) is 13.5. The van der Waals surface area contributed by atoms with Crippen LogP contribution in [-0.2, 0) is 4.74 Å². The Kier molecular flexibility index (Phi) is 5.61. The number of ether oxygens (including phenoxy) is 2. The van der Waals surface area contributed by atoms with Gasteiger partial charge in [0.05, 0.1) is 12.7 Å². The first-order valence-electron chi connectivity index (χ1n) is 6.94. The van der Waals surface area contributed by atoms with Crippen molar-refractivity contribution in [3.63, 3.8) is 0 Å². The molecule has 1 N–H and O–H groups in total. The van der Waals surface area contributed by atoms with E-state index < -0.39 is 0 Å². The van der Waals surface area contributed by atoms with E-state index in [0.717, 1.165) is 26.1 Å². The summed E-state index contributed by atoms with van der Waals surface area (Å²) in [6.45, 7) is 5.48. The third-order valence-electron chi connectivity index (χ3n) is 3.24. The molecule has 2 rings (SSSR count). The lowest BCUT2D eigenvalue weighted by molar-refractivity contribution is 0.108. The van der Waals surface area contributed by atoms with Gasteiger partial charge in [0.15, 0.2) is 0 Å². The maximum atomic E-state index is 12.7. The monoisotopic (exact) mass is 267 g/mol. The van der Waals surface area contributed by atoms with E-state index in [2.05, 4.69) is 12.2 Å². The largest absolute Gasteiger partial charge is 0.493 e. The van der Waals surface area contributed by atoms with Gasteiger partial charge in [0.25, 0.3) is 0 Å². The zero-order valence-electron chi connectivity index (χ0n) is 11.4. The summed E-state index contributed by atoms with van der Waals surface area (Å²) in [5.41, 5.74) is 0. The predicted octanol–water partition coefficient (Wildman–Crippen LogP) is 2.61. The quantitative estimate of drug-likeness (QED) is 0.823. The Morgan fingerprint density at radius 2 is 2.21 bits per heavy atom. The molecule has 1 aromatic rings. The third kappa shape index (κ3) is 5.17. The number of rotatable bonds is 7. The molecule has 0 amide bonds. The van der Waals surface area contributed by atoms with E-state index in [4.69, 9.17) is 9.47 Å². The summed E-state index contributed by atoms with van der Waals surface area (Å²) in [5, 5.41) is 3.41.